The molecule has 1 N–H and O–H groups in total. The zero-order valence-electron chi connectivity index (χ0n) is 22.3. The maximum atomic E-state index is 14.0. The number of pyridine rings is 1. The van der Waals surface area contributed by atoms with Crippen molar-refractivity contribution in [3.05, 3.63) is 94.1 Å². The molecule has 1 aliphatic rings. The Bertz CT molecular complexity index is 1670. The Morgan fingerprint density at radius 1 is 1.12 bits per heavy atom. The SMILES string of the molecule is CCOC(=O)c1cnn(-c2cccc(-c3sccc3C=Cc3ccc(C4=CCN(C(=O)O)CC4)cc3)n2)c1C(F)(F)F. The van der Waals surface area contributed by atoms with Crippen molar-refractivity contribution in [2.24, 2.45) is 0 Å². The van der Waals surface area contributed by atoms with Crippen molar-refractivity contribution in [2.75, 3.05) is 19.7 Å². The monoisotopic (exact) mass is 594 g/mol. The standard InChI is InChI=1S/C30H25F3N4O4S/c1-2-41-28(38)23-18-34-37(27(23)30(31,32)33)25-5-3-4-24(35-25)26-22(14-17-42-26)11-8-19-6-9-20(10-7-19)21-12-15-36(16-13-21)29(39)40/h3-12,14,17-18H,2,13,15-16H2,1H3,(H,39,40). The van der Waals surface area contributed by atoms with E-state index in [0.717, 1.165) is 33.3 Å². The highest BCUT2D eigenvalue weighted by atomic mass is 32.1. The van der Waals surface area contributed by atoms with E-state index < -0.39 is 29.5 Å². The summed E-state index contributed by atoms with van der Waals surface area (Å²) >= 11 is 1.40. The third kappa shape index (κ3) is 6.13. The molecule has 1 aromatic carbocycles. The van der Waals surface area contributed by atoms with Gasteiger partial charge in [0.15, 0.2) is 11.5 Å². The summed E-state index contributed by atoms with van der Waals surface area (Å²) < 4.78 is 47.3. The molecule has 216 valence electrons. The summed E-state index contributed by atoms with van der Waals surface area (Å²) in [5.74, 6) is -1.19. The Morgan fingerprint density at radius 3 is 2.57 bits per heavy atom. The van der Waals surface area contributed by atoms with Gasteiger partial charge in [-0.25, -0.2) is 19.3 Å². The summed E-state index contributed by atoms with van der Waals surface area (Å²) in [6, 6.07) is 14.5. The normalized spacial score (nSPS) is 13.8. The Kier molecular flexibility index (Phi) is 8.25. The lowest BCUT2D eigenvalue weighted by Gasteiger charge is -2.23. The second-order valence-corrected chi connectivity index (χ2v) is 10.2. The number of amides is 1. The van der Waals surface area contributed by atoms with Gasteiger partial charge < -0.3 is 14.7 Å². The number of alkyl halides is 3. The van der Waals surface area contributed by atoms with Gasteiger partial charge in [-0.15, -0.1) is 11.3 Å². The molecule has 0 saturated carbocycles. The predicted molar refractivity (Wildman–Crippen MR) is 153 cm³/mol. The lowest BCUT2D eigenvalue weighted by Crippen LogP contribution is -2.33. The molecule has 0 unspecified atom stereocenters. The number of esters is 1. The van der Waals surface area contributed by atoms with E-state index in [1.807, 2.05) is 53.9 Å². The van der Waals surface area contributed by atoms with Crippen LogP contribution < -0.4 is 0 Å². The van der Waals surface area contributed by atoms with E-state index in [-0.39, 0.29) is 12.4 Å². The largest absolute Gasteiger partial charge is 0.465 e. The molecule has 3 aromatic heterocycles. The van der Waals surface area contributed by atoms with Gasteiger partial charge >= 0.3 is 18.2 Å². The van der Waals surface area contributed by atoms with E-state index in [9.17, 15) is 22.8 Å². The third-order valence-corrected chi connectivity index (χ3v) is 7.58. The van der Waals surface area contributed by atoms with Crippen LogP contribution in [0.5, 0.6) is 0 Å². The number of nitrogens with zero attached hydrogens (tertiary/aromatic N) is 4. The summed E-state index contributed by atoms with van der Waals surface area (Å²) in [5, 5.41) is 14.8. The van der Waals surface area contributed by atoms with Crippen molar-refractivity contribution in [1.82, 2.24) is 19.7 Å². The minimum Gasteiger partial charge on any atom is -0.465 e. The maximum absolute atomic E-state index is 14.0. The number of ether oxygens (including phenoxy) is 1. The smallest absolute Gasteiger partial charge is 0.434 e. The van der Waals surface area contributed by atoms with E-state index in [1.54, 1.807) is 12.1 Å². The molecule has 12 heteroatoms. The summed E-state index contributed by atoms with van der Waals surface area (Å²) in [6.07, 6.45) is 1.48. The molecule has 42 heavy (non-hydrogen) atoms. The fourth-order valence-corrected chi connectivity index (χ4v) is 5.44. The van der Waals surface area contributed by atoms with Crippen LogP contribution in [0.25, 0.3) is 34.1 Å². The number of hydrogen-bond acceptors (Lipinski definition) is 6. The minimum absolute atomic E-state index is 0.0700. The van der Waals surface area contributed by atoms with Gasteiger partial charge in [-0.05, 0) is 59.2 Å². The highest BCUT2D eigenvalue weighted by molar-refractivity contribution is 7.13. The Labute approximate surface area is 243 Å². The molecule has 1 aliphatic heterocycles. The van der Waals surface area contributed by atoms with E-state index >= 15 is 0 Å². The van der Waals surface area contributed by atoms with Gasteiger partial charge in [0, 0.05) is 13.1 Å². The quantitative estimate of drug-likeness (QED) is 0.229. The zero-order chi connectivity index (χ0) is 29.9. The van der Waals surface area contributed by atoms with Gasteiger partial charge in [-0.2, -0.15) is 18.3 Å². The molecule has 0 fully saturated rings. The lowest BCUT2D eigenvalue weighted by atomic mass is 9.98. The van der Waals surface area contributed by atoms with Crippen molar-refractivity contribution in [1.29, 1.82) is 0 Å². The van der Waals surface area contributed by atoms with Gasteiger partial charge in [0.2, 0.25) is 0 Å². The van der Waals surface area contributed by atoms with Gasteiger partial charge in [0.05, 0.1) is 23.4 Å². The van der Waals surface area contributed by atoms with Crippen LogP contribution in [0, 0.1) is 0 Å². The first-order chi connectivity index (χ1) is 20.2. The average Bonchev–Trinajstić information content (AvgIpc) is 3.65. The van der Waals surface area contributed by atoms with E-state index in [0.29, 0.717) is 29.9 Å². The number of carbonyl (C=O) groups is 2. The molecule has 1 amide bonds. The van der Waals surface area contributed by atoms with Crippen LogP contribution in [0.4, 0.5) is 18.0 Å². The first kappa shape index (κ1) is 28.8. The molecule has 0 aliphatic carbocycles. The highest BCUT2D eigenvalue weighted by Crippen LogP contribution is 2.35. The summed E-state index contributed by atoms with van der Waals surface area (Å²) in [5.41, 5.74) is 2.46. The summed E-state index contributed by atoms with van der Waals surface area (Å²) in [7, 11) is 0. The topological polar surface area (TPSA) is 97.6 Å². The van der Waals surface area contributed by atoms with Crippen LogP contribution in [0.15, 0.2) is 66.2 Å². The number of carbonyl (C=O) groups excluding carboxylic acids is 1. The second-order valence-electron chi connectivity index (χ2n) is 9.29. The van der Waals surface area contributed by atoms with Crippen LogP contribution in [-0.2, 0) is 10.9 Å². The Balaban J connectivity index is 1.38. The molecule has 4 aromatic rings. The number of halogens is 3. The van der Waals surface area contributed by atoms with Crippen LogP contribution in [0.2, 0.25) is 0 Å². The van der Waals surface area contributed by atoms with Gasteiger partial charge in [-0.1, -0.05) is 48.6 Å². The number of rotatable bonds is 7. The van der Waals surface area contributed by atoms with Crippen LogP contribution in [-0.4, -0.2) is 56.5 Å². The second kappa shape index (κ2) is 12.0. The summed E-state index contributed by atoms with van der Waals surface area (Å²) in [4.78, 5) is 29.9. The van der Waals surface area contributed by atoms with E-state index in [1.165, 1.54) is 29.2 Å². The molecular formula is C30H25F3N4O4S. The fraction of sp³-hybridized carbons (Fsp3) is 0.200. The van der Waals surface area contributed by atoms with Crippen molar-refractivity contribution >= 4 is 41.1 Å². The molecule has 8 nitrogen and oxygen atoms in total. The molecular weight excluding hydrogens is 569 g/mol. The first-order valence-electron chi connectivity index (χ1n) is 13.0. The Morgan fingerprint density at radius 2 is 1.90 bits per heavy atom. The molecule has 0 spiro atoms. The van der Waals surface area contributed by atoms with Crippen molar-refractivity contribution in [2.45, 2.75) is 19.5 Å². The van der Waals surface area contributed by atoms with Crippen molar-refractivity contribution in [3.8, 4) is 16.4 Å². The Hall–Kier alpha value is -4.71. The molecule has 0 atom stereocenters. The zero-order valence-corrected chi connectivity index (χ0v) is 23.2. The number of carboxylic acid groups (broad SMARTS) is 1. The third-order valence-electron chi connectivity index (χ3n) is 6.63. The van der Waals surface area contributed by atoms with Gasteiger partial charge in [0.1, 0.15) is 5.56 Å². The van der Waals surface area contributed by atoms with Gasteiger partial charge in [-0.3, -0.25) is 0 Å². The fourth-order valence-electron chi connectivity index (χ4n) is 4.58. The van der Waals surface area contributed by atoms with Crippen LogP contribution in [0.3, 0.4) is 0 Å². The number of thiophene rings is 1. The van der Waals surface area contributed by atoms with E-state index in [2.05, 4.69) is 10.1 Å². The lowest BCUT2D eigenvalue weighted by molar-refractivity contribution is -0.143. The van der Waals surface area contributed by atoms with Crippen LogP contribution in [0.1, 0.15) is 46.1 Å². The molecule has 4 heterocycles. The summed E-state index contributed by atoms with van der Waals surface area (Å²) in [6.45, 7) is 2.27. The van der Waals surface area contributed by atoms with Crippen LogP contribution >= 0.6 is 11.3 Å². The minimum atomic E-state index is -4.87. The number of hydrogen-bond donors (Lipinski definition) is 1. The van der Waals surface area contributed by atoms with E-state index in [4.69, 9.17) is 9.84 Å². The maximum Gasteiger partial charge on any atom is 0.434 e. The average molecular weight is 595 g/mol. The molecule has 0 radical (unpaired) electrons. The number of benzene rings is 1. The highest BCUT2D eigenvalue weighted by Gasteiger charge is 2.41. The molecule has 0 bridgehead atoms. The molecule has 0 saturated heterocycles. The predicted octanol–water partition coefficient (Wildman–Crippen LogP) is 7.13. The molecule has 5 rings (SSSR count). The van der Waals surface area contributed by atoms with Crippen molar-refractivity contribution in [3.63, 3.8) is 0 Å². The first-order valence-corrected chi connectivity index (χ1v) is 13.9. The van der Waals surface area contributed by atoms with Crippen molar-refractivity contribution < 1.29 is 32.6 Å². The van der Waals surface area contributed by atoms with Gasteiger partial charge in [0.25, 0.3) is 0 Å². The number of aromatic nitrogens is 3.